The van der Waals surface area contributed by atoms with Crippen LogP contribution in [-0.2, 0) is 0 Å². The largest absolute Gasteiger partial charge is 0.278 e. The summed E-state index contributed by atoms with van der Waals surface area (Å²) in [6, 6.07) is 60.0. The van der Waals surface area contributed by atoms with Gasteiger partial charge in [-0.25, -0.2) is 9.97 Å². The predicted octanol–water partition coefficient (Wildman–Crippen LogP) is 10.5. The molecule has 0 N–H and O–H groups in total. The minimum Gasteiger partial charge on any atom is -0.278 e. The molecule has 7 aromatic carbocycles. The van der Waals surface area contributed by atoms with Crippen molar-refractivity contribution in [1.82, 2.24) is 27.9 Å². The van der Waals surface area contributed by atoms with Crippen molar-refractivity contribution in [3.05, 3.63) is 170 Å². The van der Waals surface area contributed by atoms with Crippen LogP contribution in [0.1, 0.15) is 0 Å². The van der Waals surface area contributed by atoms with E-state index in [1.54, 1.807) is 0 Å². The first-order valence-electron chi connectivity index (χ1n) is 16.9. The van der Waals surface area contributed by atoms with Crippen LogP contribution in [0.2, 0.25) is 0 Å². The van der Waals surface area contributed by atoms with E-state index in [0.717, 1.165) is 78.2 Å². The van der Waals surface area contributed by atoms with E-state index in [0.29, 0.717) is 0 Å². The van der Waals surface area contributed by atoms with E-state index >= 15 is 0 Å². The van der Waals surface area contributed by atoms with E-state index in [4.69, 9.17) is 9.97 Å². The predicted molar refractivity (Wildman–Crippen MR) is 203 cm³/mol. The van der Waals surface area contributed by atoms with Gasteiger partial charge in [-0.2, -0.15) is 0 Å². The fraction of sp³-hybridized carbons (Fsp3) is 0. The molecule has 234 valence electrons. The zero-order chi connectivity index (χ0) is 32.8. The van der Waals surface area contributed by atoms with Crippen molar-refractivity contribution < 1.29 is 0 Å². The molecule has 0 unspecified atom stereocenters. The molecule has 0 fully saturated rings. The van der Waals surface area contributed by atoms with Gasteiger partial charge >= 0.3 is 0 Å². The third-order valence-corrected chi connectivity index (χ3v) is 9.98. The van der Waals surface area contributed by atoms with Crippen molar-refractivity contribution in [2.24, 2.45) is 0 Å². The van der Waals surface area contributed by atoms with Gasteiger partial charge in [-0.3, -0.25) is 17.9 Å². The van der Waals surface area contributed by atoms with Crippen molar-refractivity contribution in [2.45, 2.75) is 0 Å². The van der Waals surface area contributed by atoms with Crippen LogP contribution in [0.15, 0.2) is 170 Å². The second-order valence-electron chi connectivity index (χ2n) is 12.8. The summed E-state index contributed by atoms with van der Waals surface area (Å²) in [4.78, 5) is 10.4. The quantitative estimate of drug-likeness (QED) is 0.192. The van der Waals surface area contributed by atoms with Crippen molar-refractivity contribution in [1.29, 1.82) is 0 Å². The molecule has 0 aliphatic heterocycles. The average Bonchev–Trinajstić information content (AvgIpc) is 3.91. The molecule has 11 rings (SSSR count). The van der Waals surface area contributed by atoms with Gasteiger partial charge < -0.3 is 0 Å². The first-order chi connectivity index (χ1) is 24.8. The molecule has 0 spiro atoms. The van der Waals surface area contributed by atoms with E-state index in [1.165, 1.54) is 11.1 Å². The summed E-state index contributed by atoms with van der Waals surface area (Å²) in [5.41, 5.74) is 15.4. The number of benzene rings is 7. The van der Waals surface area contributed by atoms with E-state index < -0.39 is 0 Å². The lowest BCUT2D eigenvalue weighted by atomic mass is 10.0. The molecule has 0 radical (unpaired) electrons. The van der Waals surface area contributed by atoms with Crippen LogP contribution in [0.4, 0.5) is 0 Å². The molecule has 0 amide bonds. The normalized spacial score (nSPS) is 12.0. The summed E-state index contributed by atoms with van der Waals surface area (Å²) >= 11 is 0. The van der Waals surface area contributed by atoms with Gasteiger partial charge in [0.05, 0.1) is 44.1 Å². The summed E-state index contributed by atoms with van der Waals surface area (Å²) in [5.74, 6) is 1.80. The number of para-hydroxylation sites is 5. The Balaban J connectivity index is 1.09. The topological polar surface area (TPSA) is 44.5 Å². The van der Waals surface area contributed by atoms with Gasteiger partial charge in [0, 0.05) is 11.4 Å². The molecule has 0 saturated heterocycles. The Bertz CT molecular complexity index is 3070. The van der Waals surface area contributed by atoms with Crippen LogP contribution in [0, 0.1) is 0 Å². The van der Waals surface area contributed by atoms with Crippen molar-refractivity contribution in [2.75, 3.05) is 0 Å². The first kappa shape index (κ1) is 27.1. The third kappa shape index (κ3) is 3.84. The molecule has 50 heavy (non-hydrogen) atoms. The van der Waals surface area contributed by atoms with Gasteiger partial charge in [0.25, 0.3) is 0 Å². The second-order valence-corrected chi connectivity index (χ2v) is 12.8. The van der Waals surface area contributed by atoms with Gasteiger partial charge in [-0.15, -0.1) is 0 Å². The van der Waals surface area contributed by atoms with Crippen LogP contribution in [0.25, 0.3) is 89.3 Å². The van der Waals surface area contributed by atoms with Crippen LogP contribution in [0.3, 0.4) is 0 Å². The van der Waals surface area contributed by atoms with E-state index in [2.05, 4.69) is 176 Å². The van der Waals surface area contributed by atoms with Crippen molar-refractivity contribution >= 4 is 55.7 Å². The Labute approximate surface area is 286 Å². The van der Waals surface area contributed by atoms with Gasteiger partial charge in [-0.1, -0.05) is 97.1 Å². The summed E-state index contributed by atoms with van der Waals surface area (Å²) in [6.07, 6.45) is 0. The Morgan fingerprint density at radius 2 is 0.780 bits per heavy atom. The standard InChI is InChI=1S/C44H28N6/c1-3-11-29(12-4-1)30-19-23-34(24-20-30)48-39-17-9-10-18-40(39)49-38-25-21-31(27-36(38)46-44(48)49)32-22-26-41-42(28-32)50-37-16-8-7-15-35(37)45-43(50)47(41)33-13-5-2-6-14-33/h1-28H. The number of imidazole rings is 4. The zero-order valence-electron chi connectivity index (χ0n) is 26.8. The molecule has 0 bridgehead atoms. The fourth-order valence-corrected chi connectivity index (χ4v) is 7.68. The highest BCUT2D eigenvalue weighted by molar-refractivity contribution is 5.97. The molecular weight excluding hydrogens is 613 g/mol. The summed E-state index contributed by atoms with van der Waals surface area (Å²) in [5, 5.41) is 0. The highest BCUT2D eigenvalue weighted by Crippen LogP contribution is 2.35. The monoisotopic (exact) mass is 640 g/mol. The number of rotatable bonds is 4. The van der Waals surface area contributed by atoms with E-state index in [9.17, 15) is 0 Å². The maximum absolute atomic E-state index is 5.29. The van der Waals surface area contributed by atoms with Gasteiger partial charge in [0.1, 0.15) is 0 Å². The van der Waals surface area contributed by atoms with Gasteiger partial charge in [-0.05, 0) is 95.1 Å². The Kier molecular flexibility index (Phi) is 5.57. The van der Waals surface area contributed by atoms with Crippen LogP contribution >= 0.6 is 0 Å². The van der Waals surface area contributed by atoms with Crippen molar-refractivity contribution in [3.8, 4) is 33.6 Å². The van der Waals surface area contributed by atoms with Crippen LogP contribution < -0.4 is 0 Å². The number of fused-ring (bicyclic) bond motifs is 10. The molecule has 0 saturated carbocycles. The molecule has 6 heteroatoms. The maximum atomic E-state index is 5.29. The van der Waals surface area contributed by atoms with E-state index in [-0.39, 0.29) is 0 Å². The SMILES string of the molecule is c1ccc(-c2ccc(-n3c4ccccc4n4c5ccc(-c6ccc7c(c6)n6c8ccccc8nc6n7-c6ccccc6)cc5nc34)cc2)cc1. The second kappa shape index (κ2) is 10.3. The average molecular weight is 641 g/mol. The molecule has 0 atom stereocenters. The molecule has 11 aromatic rings. The minimum absolute atomic E-state index is 0.896. The highest BCUT2D eigenvalue weighted by atomic mass is 15.2. The lowest BCUT2D eigenvalue weighted by Gasteiger charge is -2.07. The molecule has 4 aromatic heterocycles. The number of nitrogens with zero attached hydrogens (tertiary/aromatic N) is 6. The maximum Gasteiger partial charge on any atom is 0.220 e. The molecule has 0 aliphatic carbocycles. The molecule has 6 nitrogen and oxygen atoms in total. The smallest absolute Gasteiger partial charge is 0.220 e. The fourth-order valence-electron chi connectivity index (χ4n) is 7.68. The summed E-state index contributed by atoms with van der Waals surface area (Å²) in [6.45, 7) is 0. The Morgan fingerprint density at radius 3 is 1.54 bits per heavy atom. The lowest BCUT2D eigenvalue weighted by Crippen LogP contribution is -1.95. The first-order valence-corrected chi connectivity index (χ1v) is 16.9. The lowest BCUT2D eigenvalue weighted by molar-refractivity contribution is 1.11. The summed E-state index contributed by atoms with van der Waals surface area (Å²) in [7, 11) is 0. The third-order valence-electron chi connectivity index (χ3n) is 9.98. The van der Waals surface area contributed by atoms with Crippen LogP contribution in [0.5, 0.6) is 0 Å². The Hall–Kier alpha value is -6.92. The molecule has 4 heterocycles. The highest BCUT2D eigenvalue weighted by Gasteiger charge is 2.20. The zero-order valence-corrected chi connectivity index (χ0v) is 26.8. The molecule has 0 aliphatic rings. The molecular formula is C44H28N6. The summed E-state index contributed by atoms with van der Waals surface area (Å²) < 4.78 is 9.08. The number of aromatic nitrogens is 6. The number of hydrogen-bond acceptors (Lipinski definition) is 2. The van der Waals surface area contributed by atoms with E-state index in [1.807, 2.05) is 12.1 Å². The Morgan fingerprint density at radius 1 is 0.300 bits per heavy atom. The minimum atomic E-state index is 0.896. The van der Waals surface area contributed by atoms with Gasteiger partial charge in [0.2, 0.25) is 11.6 Å². The van der Waals surface area contributed by atoms with Gasteiger partial charge in [0.15, 0.2) is 0 Å². The van der Waals surface area contributed by atoms with Crippen molar-refractivity contribution in [3.63, 3.8) is 0 Å². The number of hydrogen-bond donors (Lipinski definition) is 0. The van der Waals surface area contributed by atoms with Crippen LogP contribution in [-0.4, -0.2) is 27.9 Å².